The zero-order valence-corrected chi connectivity index (χ0v) is 25.1. The van der Waals surface area contributed by atoms with Crippen LogP contribution >= 0.6 is 0 Å². The largest absolute Gasteiger partial charge is 0.493 e. The van der Waals surface area contributed by atoms with Crippen molar-refractivity contribution in [3.05, 3.63) is 63.1 Å². The molecular weight excluding hydrogens is 518 g/mol. The molecule has 2 heterocycles. The third-order valence-corrected chi connectivity index (χ3v) is 8.36. The second kappa shape index (κ2) is 11.1. The van der Waals surface area contributed by atoms with Crippen LogP contribution in [-0.4, -0.2) is 41.9 Å². The van der Waals surface area contributed by atoms with Gasteiger partial charge in [0.2, 0.25) is 0 Å². The van der Waals surface area contributed by atoms with Crippen molar-refractivity contribution >= 4 is 17.5 Å². The highest BCUT2D eigenvalue weighted by atomic mass is 16.5. The quantitative estimate of drug-likeness (QED) is 0.384. The molecule has 3 N–H and O–H groups in total. The van der Waals surface area contributed by atoms with Crippen molar-refractivity contribution in [1.82, 2.24) is 14.9 Å². The lowest BCUT2D eigenvalue weighted by atomic mass is 9.82. The van der Waals surface area contributed by atoms with Crippen molar-refractivity contribution in [3.63, 3.8) is 0 Å². The summed E-state index contributed by atoms with van der Waals surface area (Å²) in [5.74, 6) is 2.40. The zero-order valence-electron chi connectivity index (χ0n) is 25.1. The van der Waals surface area contributed by atoms with Gasteiger partial charge in [0, 0.05) is 35.9 Å². The molecule has 2 aliphatic rings. The molecule has 1 fully saturated rings. The maximum atomic E-state index is 13.6. The van der Waals surface area contributed by atoms with E-state index >= 15 is 0 Å². The molecule has 5 rings (SSSR count). The van der Waals surface area contributed by atoms with Crippen LogP contribution in [0.3, 0.4) is 0 Å². The van der Waals surface area contributed by atoms with E-state index in [2.05, 4.69) is 62.0 Å². The molecule has 0 bridgehead atoms. The minimum Gasteiger partial charge on any atom is -0.493 e. The van der Waals surface area contributed by atoms with Crippen molar-refractivity contribution in [1.29, 1.82) is 0 Å². The van der Waals surface area contributed by atoms with Gasteiger partial charge in [0.05, 0.1) is 19.9 Å². The van der Waals surface area contributed by atoms with E-state index in [1.165, 1.54) is 16.7 Å². The highest BCUT2D eigenvalue weighted by Crippen LogP contribution is 2.45. The number of ether oxygens (including phenoxy) is 2. The number of carbonyl (C=O) groups is 1. The van der Waals surface area contributed by atoms with Crippen LogP contribution in [0.5, 0.6) is 11.5 Å². The van der Waals surface area contributed by atoms with Gasteiger partial charge >= 0.3 is 11.7 Å². The molecule has 1 aromatic heterocycles. The zero-order chi connectivity index (χ0) is 29.6. The number of aromatic nitrogens is 2. The van der Waals surface area contributed by atoms with Crippen LogP contribution in [0.15, 0.2) is 35.1 Å². The van der Waals surface area contributed by atoms with Crippen LogP contribution in [0.1, 0.15) is 74.6 Å². The number of amides is 2. The van der Waals surface area contributed by atoms with Gasteiger partial charge in [-0.1, -0.05) is 45.4 Å². The van der Waals surface area contributed by atoms with E-state index in [1.807, 2.05) is 18.2 Å². The average molecular weight is 560 g/mol. The van der Waals surface area contributed by atoms with Gasteiger partial charge in [-0.15, -0.1) is 0 Å². The first-order valence-corrected chi connectivity index (χ1v) is 14.4. The predicted octanol–water partition coefficient (Wildman–Crippen LogP) is 5.38. The fourth-order valence-corrected chi connectivity index (χ4v) is 6.25. The van der Waals surface area contributed by atoms with Crippen LogP contribution < -0.4 is 31.1 Å². The number of fused-ring (bicyclic) bond motifs is 3. The third kappa shape index (κ3) is 5.25. The average Bonchev–Trinajstić information content (AvgIpc) is 2.90. The van der Waals surface area contributed by atoms with Crippen LogP contribution in [0.2, 0.25) is 0 Å². The van der Waals surface area contributed by atoms with E-state index in [9.17, 15) is 9.59 Å². The number of carbonyl (C=O) groups excluding carboxylic acids is 1. The van der Waals surface area contributed by atoms with Crippen molar-refractivity contribution in [2.45, 2.75) is 84.3 Å². The molecular formula is C32H41N5O4. The first-order valence-electron chi connectivity index (χ1n) is 14.4. The highest BCUT2D eigenvalue weighted by molar-refractivity contribution is 5.77. The summed E-state index contributed by atoms with van der Waals surface area (Å²) in [6.07, 6.45) is 2.10. The molecule has 0 radical (unpaired) electrons. The van der Waals surface area contributed by atoms with Crippen LogP contribution in [0, 0.1) is 6.92 Å². The Morgan fingerprint density at radius 1 is 1.02 bits per heavy atom. The number of benzene rings is 2. The third-order valence-electron chi connectivity index (χ3n) is 8.36. The number of nitrogens with one attached hydrogen (secondary N) is 1. The Morgan fingerprint density at radius 2 is 1.63 bits per heavy atom. The lowest BCUT2D eigenvalue weighted by Crippen LogP contribution is -2.54. The number of nitrogens with two attached hydrogens (primary N) is 1. The van der Waals surface area contributed by atoms with E-state index < -0.39 is 6.03 Å². The van der Waals surface area contributed by atoms with E-state index in [4.69, 9.17) is 15.2 Å². The highest BCUT2D eigenvalue weighted by Gasteiger charge is 2.39. The molecule has 0 unspecified atom stereocenters. The first-order chi connectivity index (χ1) is 19.5. The summed E-state index contributed by atoms with van der Waals surface area (Å²) >= 11 is 0. The molecule has 0 saturated heterocycles. The number of aryl methyl sites for hydroxylation is 2. The monoisotopic (exact) mass is 559 g/mol. The Morgan fingerprint density at radius 3 is 2.20 bits per heavy atom. The molecule has 0 spiro atoms. The van der Waals surface area contributed by atoms with E-state index in [1.54, 1.807) is 18.8 Å². The summed E-state index contributed by atoms with van der Waals surface area (Å²) in [6.45, 7) is 11.5. The number of anilines is 2. The molecule has 2 amide bonds. The van der Waals surface area contributed by atoms with Crippen LogP contribution in [-0.2, 0) is 13.0 Å². The van der Waals surface area contributed by atoms with Crippen molar-refractivity contribution < 1.29 is 14.3 Å². The maximum Gasteiger partial charge on any atom is 0.350 e. The standard InChI is InChI=1S/C32H41N5O4/c1-17(2)23-10-19(5)11-24(18(3)4)30(23)37(22-13-21(14-22)34-31(33)38)29-16-26-25-15-28(41-7)27(40-6)12-20(25)8-9-36(26)32(39)35-29/h10-12,15-18,21-22H,8-9,13-14H2,1-7H3,(H3,33,34,38). The summed E-state index contributed by atoms with van der Waals surface area (Å²) in [5, 5.41) is 2.85. The Hall–Kier alpha value is -4.01. The smallest absolute Gasteiger partial charge is 0.350 e. The number of methoxy groups -OCH3 is 2. The molecule has 1 saturated carbocycles. The Balaban J connectivity index is 1.73. The molecule has 218 valence electrons. The van der Waals surface area contributed by atoms with Crippen molar-refractivity contribution in [3.8, 4) is 22.8 Å². The molecule has 0 atom stereocenters. The summed E-state index contributed by atoms with van der Waals surface area (Å²) in [4.78, 5) is 32.2. The van der Waals surface area contributed by atoms with Gasteiger partial charge in [-0.3, -0.25) is 4.57 Å². The number of hydrogen-bond donors (Lipinski definition) is 2. The minimum atomic E-state index is -0.521. The molecule has 1 aliphatic heterocycles. The Kier molecular flexibility index (Phi) is 7.72. The molecule has 1 aliphatic carbocycles. The van der Waals surface area contributed by atoms with Crippen molar-refractivity contribution in [2.75, 3.05) is 19.1 Å². The second-order valence-electron chi connectivity index (χ2n) is 11.9. The normalized spacial score (nSPS) is 17.5. The first kappa shape index (κ1) is 28.5. The fourth-order valence-electron chi connectivity index (χ4n) is 6.25. The van der Waals surface area contributed by atoms with E-state index in [-0.39, 0.29) is 29.6 Å². The molecule has 2 aromatic carbocycles. The van der Waals surface area contributed by atoms with E-state index in [0.717, 1.165) is 22.5 Å². The van der Waals surface area contributed by atoms with Gasteiger partial charge < -0.3 is 25.4 Å². The molecule has 3 aromatic rings. The number of primary amides is 1. The maximum absolute atomic E-state index is 13.6. The summed E-state index contributed by atoms with van der Waals surface area (Å²) in [7, 11) is 3.25. The second-order valence-corrected chi connectivity index (χ2v) is 11.9. The Bertz CT molecular complexity index is 1510. The predicted molar refractivity (Wildman–Crippen MR) is 162 cm³/mol. The lowest BCUT2D eigenvalue weighted by Gasteiger charge is -2.45. The SMILES string of the molecule is COc1cc2c(cc1OC)-c1cc(N(c3c(C(C)C)cc(C)cc3C(C)C)C3CC(NC(N)=O)C3)nc(=O)n1CC2. The molecule has 9 nitrogen and oxygen atoms in total. The molecule has 9 heteroatoms. The lowest BCUT2D eigenvalue weighted by molar-refractivity contribution is 0.230. The number of nitrogens with zero attached hydrogens (tertiary/aromatic N) is 3. The topological polar surface area (TPSA) is 112 Å². The fraction of sp³-hybridized carbons (Fsp3) is 0.469. The van der Waals surface area contributed by atoms with Gasteiger partial charge in [-0.2, -0.15) is 4.98 Å². The van der Waals surface area contributed by atoms with Gasteiger partial charge in [0.1, 0.15) is 5.82 Å². The van der Waals surface area contributed by atoms with E-state index in [0.29, 0.717) is 43.1 Å². The summed E-state index contributed by atoms with van der Waals surface area (Å²) in [5.41, 5.74) is 12.7. The van der Waals surface area contributed by atoms with Crippen LogP contribution in [0.25, 0.3) is 11.3 Å². The van der Waals surface area contributed by atoms with Gasteiger partial charge in [-0.05, 0) is 66.8 Å². The summed E-state index contributed by atoms with van der Waals surface area (Å²) < 4.78 is 12.9. The number of rotatable bonds is 8. The van der Waals surface area contributed by atoms with Gasteiger partial charge in [0.25, 0.3) is 0 Å². The van der Waals surface area contributed by atoms with Gasteiger partial charge in [0.15, 0.2) is 11.5 Å². The minimum absolute atomic E-state index is 0.0216. The number of hydrogen-bond acceptors (Lipinski definition) is 6. The van der Waals surface area contributed by atoms with Crippen LogP contribution in [0.4, 0.5) is 16.3 Å². The van der Waals surface area contributed by atoms with Gasteiger partial charge in [-0.25, -0.2) is 9.59 Å². The Labute approximate surface area is 241 Å². The summed E-state index contributed by atoms with van der Waals surface area (Å²) in [6, 6.07) is 9.97. The number of urea groups is 1. The van der Waals surface area contributed by atoms with Crippen molar-refractivity contribution in [2.24, 2.45) is 5.73 Å². The molecule has 41 heavy (non-hydrogen) atoms.